The predicted octanol–water partition coefficient (Wildman–Crippen LogP) is 3.79. The SMILES string of the molecule is C=CC(=O)N1CCCCC1c1nc(-c2ccc(C(=O)Nc3cc(-c4ccc(C#N)cc4)ccn3)cc2)c(C(N)=O)n1N. The van der Waals surface area contributed by atoms with Gasteiger partial charge in [0.05, 0.1) is 17.7 Å². The number of hydrogen-bond acceptors (Lipinski definition) is 7. The molecule has 1 aliphatic heterocycles. The monoisotopic (exact) mass is 560 g/mol. The number of nitrogens with one attached hydrogen (secondary N) is 1. The summed E-state index contributed by atoms with van der Waals surface area (Å²) in [6.07, 6.45) is 5.18. The number of imidazole rings is 1. The lowest BCUT2D eigenvalue weighted by molar-refractivity contribution is -0.129. The lowest BCUT2D eigenvalue weighted by atomic mass is 10.0. The highest BCUT2D eigenvalue weighted by molar-refractivity contribution is 6.04. The van der Waals surface area contributed by atoms with Gasteiger partial charge in [0.1, 0.15) is 11.5 Å². The lowest BCUT2D eigenvalue weighted by Crippen LogP contribution is -2.39. The maximum atomic E-state index is 13.0. The minimum atomic E-state index is -0.765. The van der Waals surface area contributed by atoms with Crippen LogP contribution in [0.1, 0.15) is 57.5 Å². The maximum absolute atomic E-state index is 13.0. The molecule has 0 radical (unpaired) electrons. The van der Waals surface area contributed by atoms with Gasteiger partial charge in [-0.05, 0) is 72.9 Å². The summed E-state index contributed by atoms with van der Waals surface area (Å²) >= 11 is 0. The van der Waals surface area contributed by atoms with Gasteiger partial charge in [-0.15, -0.1) is 0 Å². The standard InChI is InChI=1S/C31H28N8O3/c1-2-26(40)38-16-4-3-5-24(38)30-37-27(28(29(33)41)39(30)34)21-10-12-22(13-11-21)31(42)36-25-17-23(14-15-35-25)20-8-6-19(18-32)7-9-20/h2,6-15,17,24H,1,3-5,16,34H2,(H2,33,41)(H,35,36,42). The summed E-state index contributed by atoms with van der Waals surface area (Å²) in [7, 11) is 0. The molecule has 5 rings (SSSR count). The number of nitriles is 1. The first-order valence-corrected chi connectivity index (χ1v) is 13.3. The van der Waals surface area contributed by atoms with E-state index in [1.54, 1.807) is 53.6 Å². The Morgan fingerprint density at radius 3 is 2.40 bits per heavy atom. The lowest BCUT2D eigenvalue weighted by Gasteiger charge is -2.34. The van der Waals surface area contributed by atoms with Crippen LogP contribution in [0.25, 0.3) is 22.4 Å². The van der Waals surface area contributed by atoms with E-state index in [0.29, 0.717) is 41.3 Å². The van der Waals surface area contributed by atoms with E-state index < -0.39 is 11.9 Å². The smallest absolute Gasteiger partial charge is 0.269 e. The Balaban J connectivity index is 1.38. The fraction of sp³-hybridized carbons (Fsp3) is 0.161. The minimum absolute atomic E-state index is 0.00240. The molecule has 0 spiro atoms. The normalized spacial score (nSPS) is 14.5. The summed E-state index contributed by atoms with van der Waals surface area (Å²) in [4.78, 5) is 48.5. The van der Waals surface area contributed by atoms with Gasteiger partial charge < -0.3 is 21.8 Å². The van der Waals surface area contributed by atoms with E-state index in [9.17, 15) is 14.4 Å². The van der Waals surface area contributed by atoms with Crippen molar-refractivity contribution in [3.8, 4) is 28.5 Å². The summed E-state index contributed by atoms with van der Waals surface area (Å²) in [5.74, 6) is 5.64. The zero-order chi connectivity index (χ0) is 29.8. The number of anilines is 1. The fourth-order valence-electron chi connectivity index (χ4n) is 5.09. The number of nitrogens with two attached hydrogens (primary N) is 2. The first-order valence-electron chi connectivity index (χ1n) is 13.3. The molecule has 0 aliphatic carbocycles. The number of pyridine rings is 1. The van der Waals surface area contributed by atoms with Gasteiger partial charge in [-0.25, -0.2) is 14.6 Å². The van der Waals surface area contributed by atoms with Crippen molar-refractivity contribution in [2.75, 3.05) is 17.7 Å². The number of nitrogens with zero attached hydrogens (tertiary/aromatic N) is 5. The van der Waals surface area contributed by atoms with Crippen molar-refractivity contribution in [1.29, 1.82) is 5.26 Å². The molecule has 2 aromatic carbocycles. The van der Waals surface area contributed by atoms with Crippen LogP contribution < -0.4 is 16.9 Å². The van der Waals surface area contributed by atoms with Crippen molar-refractivity contribution in [3.05, 3.63) is 102 Å². The van der Waals surface area contributed by atoms with Crippen LogP contribution in [-0.4, -0.2) is 43.8 Å². The van der Waals surface area contributed by atoms with E-state index in [1.807, 2.05) is 18.2 Å². The number of carbonyl (C=O) groups excluding carboxylic acids is 3. The van der Waals surface area contributed by atoms with Crippen LogP contribution in [-0.2, 0) is 4.79 Å². The van der Waals surface area contributed by atoms with E-state index in [-0.39, 0.29) is 23.2 Å². The van der Waals surface area contributed by atoms with Gasteiger partial charge in [-0.3, -0.25) is 14.4 Å². The van der Waals surface area contributed by atoms with Crippen LogP contribution in [0.5, 0.6) is 0 Å². The number of nitrogen functional groups attached to an aromatic ring is 1. The number of primary amides is 1. The molecule has 11 heteroatoms. The van der Waals surface area contributed by atoms with Crippen LogP contribution in [0.3, 0.4) is 0 Å². The molecule has 3 heterocycles. The largest absolute Gasteiger partial charge is 0.364 e. The molecule has 2 aromatic heterocycles. The summed E-state index contributed by atoms with van der Waals surface area (Å²) in [5.41, 5.74) is 9.11. The number of hydrogen-bond donors (Lipinski definition) is 3. The Hall–Kier alpha value is -5.76. The van der Waals surface area contributed by atoms with Crippen LogP contribution in [0.4, 0.5) is 5.82 Å². The average molecular weight is 561 g/mol. The molecule has 42 heavy (non-hydrogen) atoms. The molecule has 1 unspecified atom stereocenters. The number of carbonyl (C=O) groups is 3. The molecule has 210 valence electrons. The van der Waals surface area contributed by atoms with Gasteiger partial charge in [-0.1, -0.05) is 30.8 Å². The highest BCUT2D eigenvalue weighted by Crippen LogP contribution is 2.33. The number of piperidine rings is 1. The fourth-order valence-corrected chi connectivity index (χ4v) is 5.09. The number of aromatic nitrogens is 3. The van der Waals surface area contributed by atoms with E-state index in [4.69, 9.17) is 16.8 Å². The van der Waals surface area contributed by atoms with Crippen LogP contribution in [0, 0.1) is 11.3 Å². The van der Waals surface area contributed by atoms with E-state index >= 15 is 0 Å². The van der Waals surface area contributed by atoms with Gasteiger partial charge in [0, 0.05) is 23.9 Å². The second-order valence-electron chi connectivity index (χ2n) is 9.80. The molecular formula is C31H28N8O3. The molecular weight excluding hydrogens is 532 g/mol. The zero-order valence-corrected chi connectivity index (χ0v) is 22.7. The van der Waals surface area contributed by atoms with Crippen molar-refractivity contribution in [2.24, 2.45) is 5.73 Å². The number of rotatable bonds is 7. The third kappa shape index (κ3) is 5.46. The summed E-state index contributed by atoms with van der Waals surface area (Å²) in [5, 5.41) is 11.8. The molecule has 3 amide bonds. The quantitative estimate of drug-likeness (QED) is 0.228. The molecule has 1 atom stereocenters. The highest BCUT2D eigenvalue weighted by atomic mass is 16.2. The van der Waals surface area contributed by atoms with Crippen molar-refractivity contribution in [3.63, 3.8) is 0 Å². The molecule has 0 bridgehead atoms. The van der Waals surface area contributed by atoms with Crippen molar-refractivity contribution < 1.29 is 14.4 Å². The van der Waals surface area contributed by atoms with Crippen LogP contribution >= 0.6 is 0 Å². The predicted molar refractivity (Wildman–Crippen MR) is 157 cm³/mol. The Morgan fingerprint density at radius 2 is 1.74 bits per heavy atom. The zero-order valence-electron chi connectivity index (χ0n) is 22.7. The van der Waals surface area contributed by atoms with E-state index in [1.165, 1.54) is 6.08 Å². The Bertz CT molecular complexity index is 1720. The summed E-state index contributed by atoms with van der Waals surface area (Å²) in [6.45, 7) is 4.11. The number of likely N-dealkylation sites (tertiary alicyclic amines) is 1. The van der Waals surface area contributed by atoms with Crippen LogP contribution in [0.15, 0.2) is 79.5 Å². The summed E-state index contributed by atoms with van der Waals surface area (Å²) < 4.78 is 1.16. The van der Waals surface area contributed by atoms with Crippen LogP contribution in [0.2, 0.25) is 0 Å². The number of benzene rings is 2. The van der Waals surface area contributed by atoms with Gasteiger partial charge in [-0.2, -0.15) is 5.26 Å². The Labute approximate surface area is 242 Å². The molecule has 0 saturated carbocycles. The molecule has 1 saturated heterocycles. The summed E-state index contributed by atoms with van der Waals surface area (Å²) in [6, 6.07) is 18.8. The molecule has 11 nitrogen and oxygen atoms in total. The first kappa shape index (κ1) is 27.8. The van der Waals surface area contributed by atoms with Gasteiger partial charge in [0.15, 0.2) is 11.5 Å². The van der Waals surface area contributed by atoms with Gasteiger partial charge >= 0.3 is 0 Å². The van der Waals surface area contributed by atoms with E-state index in [0.717, 1.165) is 28.6 Å². The van der Waals surface area contributed by atoms with E-state index in [2.05, 4.69) is 27.9 Å². The molecule has 5 N–H and O–H groups in total. The highest BCUT2D eigenvalue weighted by Gasteiger charge is 2.33. The van der Waals surface area contributed by atoms with Gasteiger partial charge in [0.25, 0.3) is 11.8 Å². The van der Waals surface area contributed by atoms with Crippen molar-refractivity contribution in [2.45, 2.75) is 25.3 Å². The Morgan fingerprint density at radius 1 is 1.02 bits per heavy atom. The van der Waals surface area contributed by atoms with Crippen molar-refractivity contribution in [1.82, 2.24) is 19.5 Å². The Kier molecular flexibility index (Phi) is 7.79. The minimum Gasteiger partial charge on any atom is -0.364 e. The molecule has 1 aliphatic rings. The third-order valence-corrected chi connectivity index (χ3v) is 7.20. The van der Waals surface area contributed by atoms with Gasteiger partial charge in [0.2, 0.25) is 5.91 Å². The second kappa shape index (κ2) is 11.8. The maximum Gasteiger partial charge on any atom is 0.269 e. The molecule has 4 aromatic rings. The van der Waals surface area contributed by atoms with Crippen molar-refractivity contribution >= 4 is 23.5 Å². The molecule has 1 fully saturated rings. The topological polar surface area (TPSA) is 173 Å². The first-order chi connectivity index (χ1) is 20.3. The second-order valence-corrected chi connectivity index (χ2v) is 9.80. The third-order valence-electron chi connectivity index (χ3n) is 7.20. The number of amides is 3. The average Bonchev–Trinajstić information content (AvgIpc) is 3.37.